The number of urea groups is 1. The number of carbonyl (C=O) groups is 1. The third-order valence-electron chi connectivity index (χ3n) is 6.92. The number of para-hydroxylation sites is 1. The molecule has 1 aliphatic heterocycles. The molecule has 13 heteroatoms. The maximum Gasteiger partial charge on any atom is 0.332 e. The summed E-state index contributed by atoms with van der Waals surface area (Å²) >= 11 is 6.17. The smallest absolute Gasteiger partial charge is 0.332 e. The average Bonchev–Trinajstić information content (AvgIpc) is 3.36. The molecule has 0 aliphatic carbocycles. The monoisotopic (exact) mass is 581 g/mol. The molecular weight excluding hydrogens is 556 g/mol. The van der Waals surface area contributed by atoms with Crippen molar-refractivity contribution in [3.05, 3.63) is 85.5 Å². The van der Waals surface area contributed by atoms with Gasteiger partial charge in [0, 0.05) is 33.2 Å². The van der Waals surface area contributed by atoms with Crippen LogP contribution in [-0.2, 0) is 20.1 Å². The van der Waals surface area contributed by atoms with Crippen LogP contribution in [0.15, 0.2) is 52.1 Å². The molecule has 0 spiro atoms. The van der Waals surface area contributed by atoms with Crippen LogP contribution in [0.1, 0.15) is 12.5 Å². The van der Waals surface area contributed by atoms with E-state index in [0.717, 1.165) is 16.7 Å². The van der Waals surface area contributed by atoms with Gasteiger partial charge in [0.25, 0.3) is 5.56 Å². The van der Waals surface area contributed by atoms with Gasteiger partial charge in [-0.15, -0.1) is 5.92 Å². The maximum absolute atomic E-state index is 13.8. The van der Waals surface area contributed by atoms with Gasteiger partial charge in [-0.25, -0.2) is 18.4 Å². The molecule has 0 radical (unpaired) electrons. The van der Waals surface area contributed by atoms with E-state index < -0.39 is 22.9 Å². The predicted octanol–water partition coefficient (Wildman–Crippen LogP) is 3.25. The Labute approximate surface area is 238 Å². The number of nitrogens with one attached hydrogen (secondary N) is 1. The number of aromatic nitrogens is 4. The SMILES string of the molecule is CC#CCn1c(N2CCN(C(=O)Nc3ccccc3Cl)CC2)nc2c1c(=O)n(Cc1ccc(F)c(F)c1)c(=O)n2C. The number of nitrogens with zero attached hydrogens (tertiary/aromatic N) is 6. The lowest BCUT2D eigenvalue weighted by molar-refractivity contribution is 0.208. The normalized spacial score (nSPS) is 13.3. The minimum Gasteiger partial charge on any atom is -0.339 e. The van der Waals surface area contributed by atoms with Crippen LogP contribution in [0.2, 0.25) is 5.02 Å². The molecule has 212 valence electrons. The highest BCUT2D eigenvalue weighted by Gasteiger charge is 2.27. The van der Waals surface area contributed by atoms with Gasteiger partial charge in [0.05, 0.1) is 23.8 Å². The molecule has 0 unspecified atom stereocenters. The first-order chi connectivity index (χ1) is 19.7. The highest BCUT2D eigenvalue weighted by molar-refractivity contribution is 6.33. The molecule has 1 fully saturated rings. The molecule has 4 aromatic rings. The van der Waals surface area contributed by atoms with Crippen molar-refractivity contribution >= 4 is 40.4 Å². The van der Waals surface area contributed by atoms with Gasteiger partial charge in [0.1, 0.15) is 0 Å². The van der Waals surface area contributed by atoms with Gasteiger partial charge in [-0.3, -0.25) is 18.5 Å². The quantitative estimate of drug-likeness (QED) is 0.365. The second-order valence-corrected chi connectivity index (χ2v) is 9.87. The number of amides is 2. The largest absolute Gasteiger partial charge is 0.339 e. The van der Waals surface area contributed by atoms with Crippen LogP contribution >= 0.6 is 11.6 Å². The molecule has 0 atom stereocenters. The molecule has 1 aliphatic rings. The Hall–Kier alpha value is -4.63. The van der Waals surface area contributed by atoms with Crippen LogP contribution in [0.5, 0.6) is 0 Å². The Kier molecular flexibility index (Phi) is 7.81. The maximum atomic E-state index is 13.8. The number of hydrogen-bond acceptors (Lipinski definition) is 5. The third-order valence-corrected chi connectivity index (χ3v) is 7.25. The molecule has 0 saturated carbocycles. The lowest BCUT2D eigenvalue weighted by atomic mass is 10.2. The number of fused-ring (bicyclic) bond motifs is 1. The van der Waals surface area contributed by atoms with Gasteiger partial charge in [0.15, 0.2) is 22.8 Å². The Morgan fingerprint density at radius 1 is 1.05 bits per heavy atom. The van der Waals surface area contributed by atoms with E-state index in [9.17, 15) is 23.2 Å². The Balaban J connectivity index is 1.46. The van der Waals surface area contributed by atoms with Crippen LogP contribution in [0, 0.1) is 23.5 Å². The summed E-state index contributed by atoms with van der Waals surface area (Å²) in [7, 11) is 1.50. The summed E-state index contributed by atoms with van der Waals surface area (Å²) in [5.74, 6) is 4.12. The van der Waals surface area contributed by atoms with Gasteiger partial charge in [-0.05, 0) is 36.8 Å². The van der Waals surface area contributed by atoms with Gasteiger partial charge >= 0.3 is 11.7 Å². The lowest BCUT2D eigenvalue weighted by Gasteiger charge is -2.35. The fourth-order valence-corrected chi connectivity index (χ4v) is 4.92. The summed E-state index contributed by atoms with van der Waals surface area (Å²) in [6.07, 6.45) is 0. The summed E-state index contributed by atoms with van der Waals surface area (Å²) in [4.78, 5) is 47.9. The molecule has 41 heavy (non-hydrogen) atoms. The Bertz CT molecular complexity index is 1830. The first-order valence-electron chi connectivity index (χ1n) is 12.8. The summed E-state index contributed by atoms with van der Waals surface area (Å²) in [5, 5.41) is 3.26. The van der Waals surface area contributed by atoms with Crippen molar-refractivity contribution in [3.63, 3.8) is 0 Å². The molecular formula is C28H26ClF2N7O3. The van der Waals surface area contributed by atoms with Gasteiger partial charge in [-0.2, -0.15) is 4.98 Å². The Morgan fingerprint density at radius 3 is 2.46 bits per heavy atom. The van der Waals surface area contributed by atoms with Crippen LogP contribution in [0.4, 0.5) is 25.2 Å². The van der Waals surface area contributed by atoms with Crippen LogP contribution in [0.3, 0.4) is 0 Å². The van der Waals surface area contributed by atoms with E-state index >= 15 is 0 Å². The van der Waals surface area contributed by atoms with E-state index in [1.807, 2.05) is 4.90 Å². The number of imidazole rings is 1. The Morgan fingerprint density at radius 2 is 1.78 bits per heavy atom. The summed E-state index contributed by atoms with van der Waals surface area (Å²) < 4.78 is 31.1. The van der Waals surface area contributed by atoms with Crippen LogP contribution in [-0.4, -0.2) is 55.8 Å². The number of aryl methyl sites for hydroxylation is 1. The number of carbonyl (C=O) groups excluding carboxylic acids is 1. The summed E-state index contributed by atoms with van der Waals surface area (Å²) in [6.45, 7) is 3.13. The predicted molar refractivity (Wildman–Crippen MR) is 152 cm³/mol. The first kappa shape index (κ1) is 27.9. The van der Waals surface area contributed by atoms with Gasteiger partial charge in [-0.1, -0.05) is 35.7 Å². The molecule has 10 nitrogen and oxygen atoms in total. The third kappa shape index (κ3) is 5.40. The minimum absolute atomic E-state index is 0.133. The average molecular weight is 582 g/mol. The summed E-state index contributed by atoms with van der Waals surface area (Å²) in [6, 6.07) is 9.91. The molecule has 2 aromatic carbocycles. The number of anilines is 2. The molecule has 5 rings (SSSR count). The zero-order valence-corrected chi connectivity index (χ0v) is 23.1. The van der Waals surface area contributed by atoms with E-state index in [1.165, 1.54) is 17.7 Å². The van der Waals surface area contributed by atoms with Crippen molar-refractivity contribution in [2.24, 2.45) is 7.05 Å². The fraction of sp³-hybridized carbons (Fsp3) is 0.286. The van der Waals surface area contributed by atoms with E-state index in [0.29, 0.717) is 42.8 Å². The van der Waals surface area contributed by atoms with Gasteiger partial charge in [0.2, 0.25) is 5.95 Å². The minimum atomic E-state index is -1.07. The van der Waals surface area contributed by atoms with Crippen molar-refractivity contribution in [3.8, 4) is 11.8 Å². The number of rotatable bonds is 5. The second-order valence-electron chi connectivity index (χ2n) is 9.46. The molecule has 1 saturated heterocycles. The van der Waals surface area contributed by atoms with Crippen molar-refractivity contribution in [2.75, 3.05) is 36.4 Å². The van der Waals surface area contributed by atoms with E-state index in [1.54, 1.807) is 40.7 Å². The molecule has 2 amide bonds. The first-order valence-corrected chi connectivity index (χ1v) is 13.2. The highest BCUT2D eigenvalue weighted by atomic mass is 35.5. The highest BCUT2D eigenvalue weighted by Crippen LogP contribution is 2.23. The van der Waals surface area contributed by atoms with E-state index in [2.05, 4.69) is 22.1 Å². The van der Waals surface area contributed by atoms with Crippen LogP contribution in [0.25, 0.3) is 11.2 Å². The molecule has 1 N–H and O–H groups in total. The van der Waals surface area contributed by atoms with Crippen LogP contribution < -0.4 is 21.5 Å². The number of benzene rings is 2. The molecule has 3 heterocycles. The summed E-state index contributed by atoms with van der Waals surface area (Å²) in [5.41, 5.74) is -0.164. The number of piperazine rings is 1. The lowest BCUT2D eigenvalue weighted by Crippen LogP contribution is -2.50. The second kappa shape index (κ2) is 11.5. The fourth-order valence-electron chi connectivity index (χ4n) is 4.74. The van der Waals surface area contributed by atoms with E-state index in [4.69, 9.17) is 11.6 Å². The van der Waals surface area contributed by atoms with Crippen molar-refractivity contribution in [1.29, 1.82) is 0 Å². The zero-order chi connectivity index (χ0) is 29.3. The van der Waals surface area contributed by atoms with Crippen molar-refractivity contribution in [1.82, 2.24) is 23.6 Å². The number of hydrogen-bond donors (Lipinski definition) is 1. The standard InChI is InChI=1S/C28H26ClF2N7O3/c1-3-4-11-37-23-24(34(2)28(41)38(25(23)39)17-18-9-10-20(30)21(31)16-18)33-26(37)35-12-14-36(15-13-35)27(40)32-22-8-6-5-7-19(22)29/h5-10,16H,11-15,17H2,1-2H3,(H,32,40). The van der Waals surface area contributed by atoms with Crippen molar-refractivity contribution in [2.45, 2.75) is 20.0 Å². The zero-order valence-electron chi connectivity index (χ0n) is 22.3. The number of halogens is 3. The van der Waals surface area contributed by atoms with Crippen molar-refractivity contribution < 1.29 is 13.6 Å². The topological polar surface area (TPSA) is 97.4 Å². The molecule has 2 aromatic heterocycles. The van der Waals surface area contributed by atoms with Gasteiger partial charge < -0.3 is 15.1 Å². The molecule has 0 bridgehead atoms. The van der Waals surface area contributed by atoms with E-state index in [-0.39, 0.29) is 35.8 Å².